The van der Waals surface area contributed by atoms with Crippen LogP contribution in [0.3, 0.4) is 0 Å². The molecule has 0 saturated carbocycles. The maximum Gasteiger partial charge on any atom is 0.123 e. The van der Waals surface area contributed by atoms with E-state index in [-0.39, 0.29) is 34.5 Å². The van der Waals surface area contributed by atoms with Gasteiger partial charge in [-0.15, -0.1) is 0 Å². The van der Waals surface area contributed by atoms with Crippen LogP contribution in [0.1, 0.15) is 163 Å². The van der Waals surface area contributed by atoms with Gasteiger partial charge >= 0.3 is 0 Å². The molecule has 4 unspecified atom stereocenters. The summed E-state index contributed by atoms with van der Waals surface area (Å²) in [7, 11) is 0. The predicted molar refractivity (Wildman–Crippen MR) is 300 cm³/mol. The molecular formula is C65H65IO6. The van der Waals surface area contributed by atoms with Crippen molar-refractivity contribution in [1.29, 1.82) is 0 Å². The molecular weight excluding hydrogens is 1000 g/mol. The van der Waals surface area contributed by atoms with Gasteiger partial charge in [0, 0.05) is 78.8 Å². The molecule has 8 aromatic carbocycles. The van der Waals surface area contributed by atoms with E-state index in [1.165, 1.54) is 18.2 Å². The van der Waals surface area contributed by atoms with Crippen LogP contribution in [0.2, 0.25) is 0 Å². The first kappa shape index (κ1) is 50.2. The minimum atomic E-state index is -0.826. The van der Waals surface area contributed by atoms with Crippen molar-refractivity contribution >= 4 is 22.6 Å². The summed E-state index contributed by atoms with van der Waals surface area (Å²) in [5.41, 5.74) is 21.9. The number of rotatable bonds is 4. The Kier molecular flexibility index (Phi) is 13.1. The summed E-state index contributed by atoms with van der Waals surface area (Å²) in [4.78, 5) is 0. The number of aryl methyl sites for hydroxylation is 13. The Labute approximate surface area is 438 Å². The van der Waals surface area contributed by atoms with Gasteiger partial charge in [0.1, 0.15) is 34.5 Å². The molecule has 0 spiro atoms. The van der Waals surface area contributed by atoms with Crippen LogP contribution in [0, 0.1) is 93.6 Å². The van der Waals surface area contributed by atoms with E-state index in [1.807, 2.05) is 45.9 Å². The normalized spacial score (nSPS) is 16.5. The molecule has 0 radical (unpaired) electrons. The number of phenolic OH excluding ortho intramolecular Hbond substituents is 6. The molecule has 4 atom stereocenters. The van der Waals surface area contributed by atoms with Crippen molar-refractivity contribution < 1.29 is 30.6 Å². The van der Waals surface area contributed by atoms with Crippen molar-refractivity contribution in [3.8, 4) is 34.5 Å². The Balaban J connectivity index is 1.54. The Hall–Kier alpha value is -6.71. The van der Waals surface area contributed by atoms with Crippen LogP contribution in [0.5, 0.6) is 34.5 Å². The molecule has 1 aliphatic rings. The molecule has 7 heteroatoms. The van der Waals surface area contributed by atoms with E-state index >= 15 is 0 Å². The van der Waals surface area contributed by atoms with Crippen molar-refractivity contribution in [2.24, 2.45) is 0 Å². The van der Waals surface area contributed by atoms with E-state index in [4.69, 9.17) is 0 Å². The molecule has 1 aliphatic carbocycles. The Bertz CT molecular complexity index is 2990. The second-order valence-corrected chi connectivity index (χ2v) is 22.2. The van der Waals surface area contributed by atoms with Gasteiger partial charge in [0.25, 0.3) is 0 Å². The highest BCUT2D eigenvalue weighted by molar-refractivity contribution is 14.1. The van der Waals surface area contributed by atoms with E-state index in [0.717, 1.165) is 109 Å². The number of phenols is 6. The molecule has 8 bridgehead atoms. The quantitative estimate of drug-likeness (QED) is 0.0977. The van der Waals surface area contributed by atoms with Gasteiger partial charge in [0.2, 0.25) is 0 Å². The van der Waals surface area contributed by atoms with Gasteiger partial charge in [-0.2, -0.15) is 0 Å². The molecule has 9 rings (SSSR count). The van der Waals surface area contributed by atoms with Crippen LogP contribution in [0.15, 0.2) is 97.1 Å². The minimum Gasteiger partial charge on any atom is -0.507 e. The van der Waals surface area contributed by atoms with E-state index in [2.05, 4.69) is 146 Å². The maximum absolute atomic E-state index is 12.5. The lowest BCUT2D eigenvalue weighted by molar-refractivity contribution is 0.433. The summed E-state index contributed by atoms with van der Waals surface area (Å²) in [6, 6.07) is 31.5. The summed E-state index contributed by atoms with van der Waals surface area (Å²) in [5, 5.41) is 74.7. The van der Waals surface area contributed by atoms with Gasteiger partial charge in [-0.1, -0.05) is 54.6 Å². The van der Waals surface area contributed by atoms with Crippen LogP contribution in [-0.4, -0.2) is 30.6 Å². The standard InChI is InChI=1S/C65H65IO6/c1-30-14-38(9)43(18-34(30)5)62-47-23-48(55(66)22-42(47)13)63(44-19-35(6)31(2)15-39(44)10)50-25-52(59(70)28-57(50)68)65(46-21-37(8)33(4)17-41(46)12)54-26-53(60(71)29-61(54)72)64(45-20-36(7)32(3)16-40(45)11)51-24-49(62)56(67)27-58(51)69/h14-29,62-65,67-72H,1-13H3. The first-order valence-corrected chi connectivity index (χ1v) is 25.8. The zero-order valence-corrected chi connectivity index (χ0v) is 45.8. The molecule has 8 aromatic rings. The number of halogens is 1. The third kappa shape index (κ3) is 8.57. The second-order valence-electron chi connectivity index (χ2n) is 21.0. The summed E-state index contributed by atoms with van der Waals surface area (Å²) < 4.78 is 0.963. The highest BCUT2D eigenvalue weighted by atomic mass is 127. The SMILES string of the molecule is Cc1cc(C)c(C2c3cc(c(I)cc3C)C(c3cc(C)c(C)cc3C)c3cc(c(O)cc3O)C(c3cc(C)c(C)cc3C)c3cc(c(O)cc3O)C(c3cc(C)c(C)cc3C)c3cc2c(O)cc3O)cc1C. The van der Waals surface area contributed by atoms with Gasteiger partial charge in [-0.25, -0.2) is 0 Å². The van der Waals surface area contributed by atoms with Crippen LogP contribution in [-0.2, 0) is 0 Å². The van der Waals surface area contributed by atoms with E-state index in [0.29, 0.717) is 33.4 Å². The van der Waals surface area contributed by atoms with Gasteiger partial charge in [0.05, 0.1) is 0 Å². The number of aromatic hydroxyl groups is 6. The molecule has 368 valence electrons. The zero-order valence-electron chi connectivity index (χ0n) is 43.6. The van der Waals surface area contributed by atoms with Crippen molar-refractivity contribution in [1.82, 2.24) is 0 Å². The van der Waals surface area contributed by atoms with Crippen molar-refractivity contribution in [2.75, 3.05) is 0 Å². The van der Waals surface area contributed by atoms with Gasteiger partial charge in [-0.3, -0.25) is 0 Å². The molecule has 0 heterocycles. The third-order valence-corrected chi connectivity index (χ3v) is 17.1. The van der Waals surface area contributed by atoms with Crippen molar-refractivity contribution in [3.05, 3.63) is 240 Å². The van der Waals surface area contributed by atoms with Gasteiger partial charge < -0.3 is 30.6 Å². The number of benzene rings is 8. The maximum atomic E-state index is 12.5. The Morgan fingerprint density at radius 2 is 0.389 bits per heavy atom. The third-order valence-electron chi connectivity index (χ3n) is 16.2. The molecule has 0 amide bonds. The number of hydrogen-bond donors (Lipinski definition) is 6. The van der Waals surface area contributed by atoms with Crippen molar-refractivity contribution in [2.45, 2.75) is 114 Å². The number of fused-ring (bicyclic) bond motifs is 8. The molecule has 0 fully saturated rings. The molecule has 0 saturated heterocycles. The summed E-state index contributed by atoms with van der Waals surface area (Å²) in [5.74, 6) is -3.66. The summed E-state index contributed by atoms with van der Waals surface area (Å²) in [6.45, 7) is 27.0. The Morgan fingerprint density at radius 1 is 0.208 bits per heavy atom. The largest absolute Gasteiger partial charge is 0.507 e. The first-order chi connectivity index (χ1) is 33.9. The summed E-state index contributed by atoms with van der Waals surface area (Å²) in [6.07, 6.45) is 0. The van der Waals surface area contributed by atoms with Crippen LogP contribution in [0.4, 0.5) is 0 Å². The fourth-order valence-corrected chi connectivity index (χ4v) is 12.6. The highest BCUT2D eigenvalue weighted by Gasteiger charge is 2.36. The second kappa shape index (κ2) is 18.7. The minimum absolute atomic E-state index is 0.0849. The topological polar surface area (TPSA) is 121 Å². The van der Waals surface area contributed by atoms with Gasteiger partial charge in [-0.05, 0) is 243 Å². The lowest BCUT2D eigenvalue weighted by Gasteiger charge is -2.32. The fourth-order valence-electron chi connectivity index (χ4n) is 11.6. The molecule has 72 heavy (non-hydrogen) atoms. The molecule has 6 N–H and O–H groups in total. The van der Waals surface area contributed by atoms with Crippen LogP contribution in [0.25, 0.3) is 0 Å². The summed E-state index contributed by atoms with van der Waals surface area (Å²) >= 11 is 2.42. The molecule has 0 aliphatic heterocycles. The first-order valence-electron chi connectivity index (χ1n) is 24.7. The smallest absolute Gasteiger partial charge is 0.123 e. The number of hydrogen-bond acceptors (Lipinski definition) is 6. The molecule has 6 nitrogen and oxygen atoms in total. The average Bonchev–Trinajstić information content (AvgIpc) is 3.29. The highest BCUT2D eigenvalue weighted by Crippen LogP contribution is 2.54. The lowest BCUT2D eigenvalue weighted by atomic mass is 9.73. The fraction of sp³-hybridized carbons (Fsp3) is 0.262. The monoisotopic (exact) mass is 1070 g/mol. The lowest BCUT2D eigenvalue weighted by Crippen LogP contribution is -2.16. The van der Waals surface area contributed by atoms with Crippen LogP contribution >= 0.6 is 22.6 Å². The van der Waals surface area contributed by atoms with E-state index < -0.39 is 23.7 Å². The Morgan fingerprint density at radius 3 is 0.653 bits per heavy atom. The van der Waals surface area contributed by atoms with Crippen molar-refractivity contribution in [3.63, 3.8) is 0 Å². The van der Waals surface area contributed by atoms with Crippen LogP contribution < -0.4 is 0 Å². The van der Waals surface area contributed by atoms with Gasteiger partial charge in [0.15, 0.2) is 0 Å². The average molecular weight is 1070 g/mol. The predicted octanol–water partition coefficient (Wildman–Crippen LogP) is 15.6. The zero-order chi connectivity index (χ0) is 52.1. The van der Waals surface area contributed by atoms with E-state index in [1.54, 1.807) is 0 Å². The van der Waals surface area contributed by atoms with E-state index in [9.17, 15) is 30.6 Å². The molecule has 0 aromatic heterocycles.